The molecule has 1 aliphatic heterocycles. The van der Waals surface area contributed by atoms with Gasteiger partial charge in [0, 0.05) is 31.6 Å². The van der Waals surface area contributed by atoms with Crippen molar-refractivity contribution < 1.29 is 9.59 Å². The Bertz CT molecular complexity index is 624. The molecule has 0 radical (unpaired) electrons. The molecule has 1 saturated heterocycles. The lowest BCUT2D eigenvalue weighted by atomic mass is 9.81. The largest absolute Gasteiger partial charge is 0.339 e. The van der Waals surface area contributed by atoms with Gasteiger partial charge in [-0.15, -0.1) is 0 Å². The lowest BCUT2D eigenvalue weighted by Gasteiger charge is -2.35. The van der Waals surface area contributed by atoms with E-state index < -0.39 is 0 Å². The van der Waals surface area contributed by atoms with Crippen LogP contribution in [0.2, 0.25) is 0 Å². The fourth-order valence-corrected chi connectivity index (χ4v) is 3.54. The molecule has 1 aromatic rings. The first-order chi connectivity index (χ1) is 12.7. The molecule has 27 heavy (non-hydrogen) atoms. The first-order valence-electron chi connectivity index (χ1n) is 10.1. The number of hydrogen-bond acceptors (Lipinski definition) is 3. The molecule has 0 spiro atoms. The molecule has 0 unspecified atom stereocenters. The van der Waals surface area contributed by atoms with Crippen LogP contribution in [0.4, 0.5) is 0 Å². The average molecular weight is 374 g/mol. The number of carbonyl (C=O) groups is 2. The maximum Gasteiger partial charge on any atom is 0.236 e. The Hall–Kier alpha value is -1.88. The predicted octanol–water partition coefficient (Wildman–Crippen LogP) is 2.69. The highest BCUT2D eigenvalue weighted by atomic mass is 16.2. The molecule has 2 rings (SSSR count). The van der Waals surface area contributed by atoms with Crippen molar-refractivity contribution in [3.63, 3.8) is 0 Å². The van der Waals surface area contributed by atoms with Crippen LogP contribution in [0.1, 0.15) is 46.1 Å². The molecule has 5 nitrogen and oxygen atoms in total. The Labute approximate surface area is 163 Å². The standard InChI is InChI=1S/C22H35N3O2/c1-17(22(2,3)4)21(27)25-13-8-11-19(25)16-24(20(26)15-23)14-12-18-9-6-5-7-10-18/h5-7,9-10,17,19H,8,11-16,23H2,1-4H3/t17-,19+/m1/s1. The van der Waals surface area contributed by atoms with E-state index in [1.807, 2.05) is 34.9 Å². The summed E-state index contributed by atoms with van der Waals surface area (Å²) >= 11 is 0. The summed E-state index contributed by atoms with van der Waals surface area (Å²) in [6.45, 7) is 10.3. The van der Waals surface area contributed by atoms with Crippen molar-refractivity contribution >= 4 is 11.8 Å². The Morgan fingerprint density at radius 3 is 2.52 bits per heavy atom. The van der Waals surface area contributed by atoms with Crippen molar-refractivity contribution in [2.75, 3.05) is 26.2 Å². The summed E-state index contributed by atoms with van der Waals surface area (Å²) in [4.78, 5) is 29.2. The van der Waals surface area contributed by atoms with Gasteiger partial charge in [-0.3, -0.25) is 9.59 Å². The summed E-state index contributed by atoms with van der Waals surface area (Å²) in [5, 5.41) is 0. The van der Waals surface area contributed by atoms with E-state index in [0.29, 0.717) is 13.1 Å². The van der Waals surface area contributed by atoms with Crippen molar-refractivity contribution in [3.05, 3.63) is 35.9 Å². The maximum absolute atomic E-state index is 13.0. The van der Waals surface area contributed by atoms with E-state index in [1.54, 1.807) is 0 Å². The molecule has 5 heteroatoms. The van der Waals surface area contributed by atoms with Gasteiger partial charge >= 0.3 is 0 Å². The summed E-state index contributed by atoms with van der Waals surface area (Å²) in [5.74, 6) is 0.114. The quantitative estimate of drug-likeness (QED) is 0.799. The molecule has 2 N–H and O–H groups in total. The third kappa shape index (κ3) is 5.80. The van der Waals surface area contributed by atoms with E-state index in [4.69, 9.17) is 5.73 Å². The zero-order chi connectivity index (χ0) is 20.0. The zero-order valence-electron chi connectivity index (χ0n) is 17.3. The van der Waals surface area contributed by atoms with E-state index >= 15 is 0 Å². The van der Waals surface area contributed by atoms with Gasteiger partial charge in [0.2, 0.25) is 11.8 Å². The molecular formula is C22H35N3O2. The summed E-state index contributed by atoms with van der Waals surface area (Å²) in [6.07, 6.45) is 2.74. The molecule has 1 heterocycles. The second-order valence-electron chi connectivity index (χ2n) is 8.69. The maximum atomic E-state index is 13.0. The Balaban J connectivity index is 2.04. The molecule has 0 bridgehead atoms. The van der Waals surface area contributed by atoms with Crippen molar-refractivity contribution in [2.45, 2.75) is 53.0 Å². The lowest BCUT2D eigenvalue weighted by molar-refractivity contribution is -0.141. The minimum Gasteiger partial charge on any atom is -0.339 e. The monoisotopic (exact) mass is 373 g/mol. The van der Waals surface area contributed by atoms with Crippen LogP contribution in [-0.4, -0.2) is 53.8 Å². The van der Waals surface area contributed by atoms with Gasteiger partial charge < -0.3 is 15.5 Å². The molecule has 1 aromatic carbocycles. The van der Waals surface area contributed by atoms with Crippen LogP contribution in [-0.2, 0) is 16.0 Å². The normalized spacial score (nSPS) is 18.4. The number of amides is 2. The zero-order valence-corrected chi connectivity index (χ0v) is 17.3. The van der Waals surface area contributed by atoms with Gasteiger partial charge in [-0.25, -0.2) is 0 Å². The highest BCUT2D eigenvalue weighted by Gasteiger charge is 2.36. The highest BCUT2D eigenvalue weighted by Crippen LogP contribution is 2.30. The van der Waals surface area contributed by atoms with Crippen molar-refractivity contribution in [2.24, 2.45) is 17.1 Å². The minimum atomic E-state index is -0.0652. The molecular weight excluding hydrogens is 338 g/mol. The fourth-order valence-electron chi connectivity index (χ4n) is 3.54. The van der Waals surface area contributed by atoms with Gasteiger partial charge in [-0.1, -0.05) is 58.0 Å². The second kappa shape index (κ2) is 9.36. The third-order valence-corrected chi connectivity index (χ3v) is 5.80. The highest BCUT2D eigenvalue weighted by molar-refractivity contribution is 5.80. The van der Waals surface area contributed by atoms with Gasteiger partial charge in [0.1, 0.15) is 0 Å². The summed E-state index contributed by atoms with van der Waals surface area (Å²) in [7, 11) is 0. The molecule has 2 atom stereocenters. The van der Waals surface area contributed by atoms with Crippen LogP contribution in [0, 0.1) is 11.3 Å². The fraction of sp³-hybridized carbons (Fsp3) is 0.636. The first-order valence-corrected chi connectivity index (χ1v) is 10.1. The topological polar surface area (TPSA) is 66.6 Å². The molecule has 1 aliphatic rings. The summed E-state index contributed by atoms with van der Waals surface area (Å²) in [5.41, 5.74) is 6.78. The van der Waals surface area contributed by atoms with Gasteiger partial charge in [-0.2, -0.15) is 0 Å². The van der Waals surface area contributed by atoms with Crippen molar-refractivity contribution in [3.8, 4) is 0 Å². The number of nitrogens with two attached hydrogens (primary N) is 1. The van der Waals surface area contributed by atoms with E-state index in [-0.39, 0.29) is 35.7 Å². The van der Waals surface area contributed by atoms with Gasteiger partial charge in [-0.05, 0) is 30.2 Å². The molecule has 0 aromatic heterocycles. The summed E-state index contributed by atoms with van der Waals surface area (Å²) in [6, 6.07) is 10.2. The SMILES string of the molecule is C[C@H](C(=O)N1CCC[C@H]1CN(CCc1ccccc1)C(=O)CN)C(C)(C)C. The van der Waals surface area contributed by atoms with Crippen LogP contribution in [0.15, 0.2) is 30.3 Å². The number of hydrogen-bond donors (Lipinski definition) is 1. The Morgan fingerprint density at radius 1 is 1.26 bits per heavy atom. The van der Waals surface area contributed by atoms with Crippen molar-refractivity contribution in [1.82, 2.24) is 9.80 Å². The number of carbonyl (C=O) groups excluding carboxylic acids is 2. The van der Waals surface area contributed by atoms with E-state index in [2.05, 4.69) is 32.9 Å². The molecule has 0 saturated carbocycles. The van der Waals surface area contributed by atoms with Crippen LogP contribution in [0.3, 0.4) is 0 Å². The average Bonchev–Trinajstić information content (AvgIpc) is 3.11. The van der Waals surface area contributed by atoms with E-state index in [1.165, 1.54) is 5.56 Å². The van der Waals surface area contributed by atoms with Crippen LogP contribution >= 0.6 is 0 Å². The third-order valence-electron chi connectivity index (χ3n) is 5.80. The van der Waals surface area contributed by atoms with E-state index in [0.717, 1.165) is 25.8 Å². The molecule has 2 amide bonds. The van der Waals surface area contributed by atoms with Gasteiger partial charge in [0.15, 0.2) is 0 Å². The Morgan fingerprint density at radius 2 is 1.93 bits per heavy atom. The van der Waals surface area contributed by atoms with Crippen LogP contribution < -0.4 is 5.73 Å². The van der Waals surface area contributed by atoms with Gasteiger partial charge in [0.25, 0.3) is 0 Å². The lowest BCUT2D eigenvalue weighted by Crippen LogP contribution is -2.49. The van der Waals surface area contributed by atoms with E-state index in [9.17, 15) is 9.59 Å². The number of benzene rings is 1. The van der Waals surface area contributed by atoms with Crippen molar-refractivity contribution in [1.29, 1.82) is 0 Å². The molecule has 0 aliphatic carbocycles. The smallest absolute Gasteiger partial charge is 0.236 e. The second-order valence-corrected chi connectivity index (χ2v) is 8.69. The van der Waals surface area contributed by atoms with Gasteiger partial charge in [0.05, 0.1) is 6.54 Å². The summed E-state index contributed by atoms with van der Waals surface area (Å²) < 4.78 is 0. The van der Waals surface area contributed by atoms with Crippen LogP contribution in [0.25, 0.3) is 0 Å². The first kappa shape index (κ1) is 21.4. The predicted molar refractivity (Wildman–Crippen MR) is 109 cm³/mol. The Kier molecular flexibility index (Phi) is 7.42. The minimum absolute atomic E-state index is 0.00779. The number of nitrogens with zero attached hydrogens (tertiary/aromatic N) is 2. The number of likely N-dealkylation sites (tertiary alicyclic amines) is 1. The number of rotatable bonds is 7. The molecule has 150 valence electrons. The van der Waals surface area contributed by atoms with Crippen LogP contribution in [0.5, 0.6) is 0 Å². The molecule has 1 fully saturated rings.